The molecule has 1 aliphatic rings. The molecule has 3 N–H and O–H groups in total. The van der Waals surface area contributed by atoms with E-state index in [1.54, 1.807) is 0 Å². The van der Waals surface area contributed by atoms with Gasteiger partial charge in [0, 0.05) is 27.2 Å². The summed E-state index contributed by atoms with van der Waals surface area (Å²) in [4.78, 5) is 2.45. The number of nitrogens with one attached hydrogen (secondary N) is 1. The van der Waals surface area contributed by atoms with Crippen molar-refractivity contribution in [1.82, 2.24) is 13.6 Å². The Bertz CT molecular complexity index is 549. The van der Waals surface area contributed by atoms with E-state index >= 15 is 0 Å². The minimum atomic E-state index is -3.56. The summed E-state index contributed by atoms with van der Waals surface area (Å²) >= 11 is 1.09. The predicted octanol–water partition coefficient (Wildman–Crippen LogP) is 0.483. The molecule has 1 saturated heterocycles. The third-order valence-electron chi connectivity index (χ3n) is 3.33. The maximum absolute atomic E-state index is 12.2. The molecule has 7 nitrogen and oxygen atoms in total. The van der Waals surface area contributed by atoms with Crippen molar-refractivity contribution in [1.29, 1.82) is 0 Å². The Morgan fingerprint density at radius 3 is 2.65 bits per heavy atom. The molecule has 1 aromatic heterocycles. The van der Waals surface area contributed by atoms with Crippen molar-refractivity contribution in [3.63, 3.8) is 0 Å². The maximum atomic E-state index is 12.2. The maximum Gasteiger partial charge on any atom is 0.249 e. The number of nitrogens with zero attached hydrogens (tertiary/aromatic N) is 3. The second-order valence-electron chi connectivity index (χ2n) is 4.99. The standard InChI is InChI=1S/C11H21N5O2S2/c1-15(2)20(17,18)9-10(12)14-19-11(9)13-5-8-16-6-3-4-7-16/h13H,3-8H2,1-2H3,(H2,12,14). The van der Waals surface area contributed by atoms with E-state index in [0.29, 0.717) is 11.5 Å². The van der Waals surface area contributed by atoms with Gasteiger partial charge < -0.3 is 16.0 Å². The van der Waals surface area contributed by atoms with E-state index in [1.165, 1.54) is 26.9 Å². The van der Waals surface area contributed by atoms with Gasteiger partial charge in [-0.3, -0.25) is 0 Å². The van der Waals surface area contributed by atoms with E-state index in [2.05, 4.69) is 14.6 Å². The SMILES string of the molecule is CN(C)S(=O)(=O)c1c(N)nsc1NCCN1CCCC1. The highest BCUT2D eigenvalue weighted by Gasteiger charge is 2.27. The van der Waals surface area contributed by atoms with Crippen molar-refractivity contribution >= 4 is 32.4 Å². The smallest absolute Gasteiger partial charge is 0.249 e. The van der Waals surface area contributed by atoms with Crippen LogP contribution in [0.5, 0.6) is 0 Å². The van der Waals surface area contributed by atoms with E-state index in [9.17, 15) is 8.42 Å². The number of hydrogen-bond donors (Lipinski definition) is 2. The van der Waals surface area contributed by atoms with Crippen LogP contribution in [0.3, 0.4) is 0 Å². The summed E-state index contributed by atoms with van der Waals surface area (Å²) in [5.41, 5.74) is 5.70. The van der Waals surface area contributed by atoms with Gasteiger partial charge >= 0.3 is 0 Å². The number of aromatic nitrogens is 1. The van der Waals surface area contributed by atoms with E-state index in [1.807, 2.05) is 0 Å². The Morgan fingerprint density at radius 1 is 1.40 bits per heavy atom. The van der Waals surface area contributed by atoms with Crippen molar-refractivity contribution in [2.75, 3.05) is 51.3 Å². The molecule has 1 aliphatic heterocycles. The van der Waals surface area contributed by atoms with E-state index in [-0.39, 0.29) is 10.7 Å². The average molecular weight is 319 g/mol. The van der Waals surface area contributed by atoms with Crippen LogP contribution in [-0.4, -0.2) is 62.3 Å². The molecule has 0 amide bonds. The van der Waals surface area contributed by atoms with Crippen LogP contribution < -0.4 is 11.1 Å². The Labute approximate surface area is 124 Å². The molecule has 114 valence electrons. The number of nitrogens with two attached hydrogens (primary N) is 1. The highest BCUT2D eigenvalue weighted by atomic mass is 32.2. The third-order valence-corrected chi connectivity index (χ3v) is 6.16. The zero-order chi connectivity index (χ0) is 14.8. The highest BCUT2D eigenvalue weighted by molar-refractivity contribution is 7.89. The lowest BCUT2D eigenvalue weighted by Crippen LogP contribution is -2.27. The molecule has 0 aliphatic carbocycles. The molecule has 0 saturated carbocycles. The Morgan fingerprint density at radius 2 is 2.05 bits per heavy atom. The predicted molar refractivity (Wildman–Crippen MR) is 81.6 cm³/mol. The molecule has 0 atom stereocenters. The molecule has 0 radical (unpaired) electrons. The van der Waals surface area contributed by atoms with Crippen LogP contribution in [0.25, 0.3) is 0 Å². The van der Waals surface area contributed by atoms with Crippen LogP contribution in [0.15, 0.2) is 4.90 Å². The number of nitrogen functional groups attached to an aromatic ring is 1. The first-order chi connectivity index (χ1) is 9.43. The molecule has 1 aromatic rings. The summed E-state index contributed by atoms with van der Waals surface area (Å²) in [5.74, 6) is 0.0624. The lowest BCUT2D eigenvalue weighted by Gasteiger charge is -2.16. The Hall–Kier alpha value is -0.900. The fourth-order valence-electron chi connectivity index (χ4n) is 2.17. The highest BCUT2D eigenvalue weighted by Crippen LogP contribution is 2.32. The first kappa shape index (κ1) is 15.5. The summed E-state index contributed by atoms with van der Waals surface area (Å²) in [7, 11) is -0.591. The number of rotatable bonds is 6. The quantitative estimate of drug-likeness (QED) is 0.792. The lowest BCUT2D eigenvalue weighted by molar-refractivity contribution is 0.353. The average Bonchev–Trinajstić information content (AvgIpc) is 2.99. The van der Waals surface area contributed by atoms with Gasteiger partial charge in [0.15, 0.2) is 10.7 Å². The summed E-state index contributed by atoms with van der Waals surface area (Å²) in [6.45, 7) is 3.83. The fourth-order valence-corrected chi connectivity index (χ4v) is 4.27. The molecule has 20 heavy (non-hydrogen) atoms. The number of sulfonamides is 1. The molecule has 0 spiro atoms. The summed E-state index contributed by atoms with van der Waals surface area (Å²) < 4.78 is 29.5. The minimum Gasteiger partial charge on any atom is -0.382 e. The van der Waals surface area contributed by atoms with Gasteiger partial charge in [-0.15, -0.1) is 0 Å². The van der Waals surface area contributed by atoms with Gasteiger partial charge in [-0.05, 0) is 37.5 Å². The summed E-state index contributed by atoms with van der Waals surface area (Å²) in [5, 5.41) is 3.67. The fraction of sp³-hybridized carbons (Fsp3) is 0.727. The van der Waals surface area contributed by atoms with Gasteiger partial charge in [-0.2, -0.15) is 4.37 Å². The number of anilines is 2. The van der Waals surface area contributed by atoms with Crippen molar-refractivity contribution in [2.24, 2.45) is 0 Å². The van der Waals surface area contributed by atoms with Gasteiger partial charge in [0.25, 0.3) is 0 Å². The second kappa shape index (κ2) is 6.25. The largest absolute Gasteiger partial charge is 0.382 e. The zero-order valence-electron chi connectivity index (χ0n) is 11.8. The van der Waals surface area contributed by atoms with Crippen LogP contribution >= 0.6 is 11.5 Å². The molecule has 0 aromatic carbocycles. The molecule has 0 bridgehead atoms. The molecular formula is C11H21N5O2S2. The second-order valence-corrected chi connectivity index (χ2v) is 7.85. The molecule has 2 rings (SSSR count). The Balaban J connectivity index is 2.05. The molecule has 0 unspecified atom stereocenters. The summed E-state index contributed by atoms with van der Waals surface area (Å²) in [6, 6.07) is 0. The van der Waals surface area contributed by atoms with E-state index < -0.39 is 10.0 Å². The van der Waals surface area contributed by atoms with Crippen LogP contribution in [0.2, 0.25) is 0 Å². The molecule has 1 fully saturated rings. The van der Waals surface area contributed by atoms with Crippen molar-refractivity contribution in [3.05, 3.63) is 0 Å². The topological polar surface area (TPSA) is 91.6 Å². The van der Waals surface area contributed by atoms with Crippen LogP contribution in [0.1, 0.15) is 12.8 Å². The third kappa shape index (κ3) is 3.22. The van der Waals surface area contributed by atoms with Gasteiger partial charge in [0.05, 0.1) is 0 Å². The molecular weight excluding hydrogens is 298 g/mol. The van der Waals surface area contributed by atoms with Crippen molar-refractivity contribution in [3.8, 4) is 0 Å². The first-order valence-corrected chi connectivity index (χ1v) is 8.78. The van der Waals surface area contributed by atoms with Crippen molar-refractivity contribution in [2.45, 2.75) is 17.7 Å². The van der Waals surface area contributed by atoms with Gasteiger partial charge in [0.2, 0.25) is 10.0 Å². The number of likely N-dealkylation sites (tertiary alicyclic amines) is 1. The lowest BCUT2D eigenvalue weighted by atomic mass is 10.4. The van der Waals surface area contributed by atoms with Crippen molar-refractivity contribution < 1.29 is 8.42 Å². The van der Waals surface area contributed by atoms with Crippen LogP contribution in [-0.2, 0) is 10.0 Å². The minimum absolute atomic E-state index is 0.0624. The summed E-state index contributed by atoms with van der Waals surface area (Å²) in [6.07, 6.45) is 2.49. The normalized spacial score (nSPS) is 16.9. The van der Waals surface area contributed by atoms with E-state index in [4.69, 9.17) is 5.73 Å². The van der Waals surface area contributed by atoms with Crippen LogP contribution in [0.4, 0.5) is 10.8 Å². The zero-order valence-corrected chi connectivity index (χ0v) is 13.4. The van der Waals surface area contributed by atoms with Gasteiger partial charge in [-0.25, -0.2) is 12.7 Å². The van der Waals surface area contributed by atoms with E-state index in [0.717, 1.165) is 35.5 Å². The Kier molecular flexibility index (Phi) is 4.84. The monoisotopic (exact) mass is 319 g/mol. The van der Waals surface area contributed by atoms with Gasteiger partial charge in [0.1, 0.15) is 5.00 Å². The van der Waals surface area contributed by atoms with Crippen LogP contribution in [0, 0.1) is 0 Å². The molecule has 9 heteroatoms. The number of hydrogen-bond acceptors (Lipinski definition) is 7. The van der Waals surface area contributed by atoms with Gasteiger partial charge in [-0.1, -0.05) is 0 Å². The first-order valence-electron chi connectivity index (χ1n) is 6.57. The molecule has 2 heterocycles.